The Labute approximate surface area is 899 Å². The van der Waals surface area contributed by atoms with E-state index in [0.717, 1.165) is 110 Å². The van der Waals surface area contributed by atoms with Crippen LogP contribution in [0.2, 0.25) is 0 Å². The topological polar surface area (TPSA) is 471 Å². The molecule has 4 aromatic heterocycles. The lowest BCUT2D eigenvalue weighted by Crippen LogP contribution is -2.51. The minimum absolute atomic E-state index is 0. The van der Waals surface area contributed by atoms with Gasteiger partial charge in [-0.25, -0.2) is 19.9 Å². The molecule has 860 valence electrons. The third-order valence-electron chi connectivity index (χ3n) is 28.0. The number of esters is 6. The number of aromatic amines is 4. The van der Waals surface area contributed by atoms with Crippen molar-refractivity contribution < 1.29 is 105 Å². The SMILES string of the molecule is C.C.C.C.C.C.COC(=O)C[C@H](C(=O)N1CCC[C@H]1C(=O)NC(C)C)C(C)(C)C.COC(=O)C[C@H](C(=O)N1CCC[C@H]1C(=O)NC(C)C)C(C)C.COC(=O)C[C@H](C(=O)N1CCC[C@H]1c1ncc(C(C)C)[nH]1)C(C)(C)C.COC(=O)C[C@H](C(=O)N1CCC[C@H]1c1ncc(C(C)C)[nH]1)C(C)C.COC(=O)C[C@H](C(=O)N1CCC[C@H]1c1ncc(C(C)C)[nH]1)[C@@H](C)OC.COC(=O)C[C@H](C(=O)N1CCC[C@H]1c1ncc(C(C)C)[nH]1)[C@H](C)OC. The van der Waals surface area contributed by atoms with Crippen LogP contribution >= 0.6 is 0 Å². The van der Waals surface area contributed by atoms with E-state index in [1.807, 2.05) is 141 Å². The summed E-state index contributed by atoms with van der Waals surface area (Å²) in [4.78, 5) is 215. The van der Waals surface area contributed by atoms with Crippen LogP contribution in [0.5, 0.6) is 0 Å². The number of aromatic nitrogens is 8. The summed E-state index contributed by atoms with van der Waals surface area (Å²) in [5.74, 6) is -0.807. The van der Waals surface area contributed by atoms with Gasteiger partial charge in [0.2, 0.25) is 47.3 Å². The van der Waals surface area contributed by atoms with Crippen molar-refractivity contribution in [3.63, 3.8) is 0 Å². The highest BCUT2D eigenvalue weighted by Crippen LogP contribution is 2.42. The van der Waals surface area contributed by atoms with Crippen molar-refractivity contribution in [3.8, 4) is 0 Å². The Bertz CT molecular complexity index is 4660. The van der Waals surface area contributed by atoms with Gasteiger partial charge in [0, 0.05) is 113 Å². The van der Waals surface area contributed by atoms with Gasteiger partial charge in [-0.1, -0.05) is 169 Å². The average Bonchev–Trinajstić information content (AvgIpc) is 1.69. The molecule has 150 heavy (non-hydrogen) atoms. The Balaban J connectivity index is 0. The highest BCUT2D eigenvalue weighted by atomic mass is 16.5. The molecule has 0 aliphatic carbocycles. The normalized spacial score (nSPS) is 18.8. The van der Waals surface area contributed by atoms with Crippen LogP contribution in [-0.2, 0) is 105 Å². The van der Waals surface area contributed by atoms with Gasteiger partial charge in [-0.2, -0.15) is 0 Å². The number of nitrogens with one attached hydrogen (secondary N) is 6. The van der Waals surface area contributed by atoms with E-state index in [1.165, 1.54) is 42.7 Å². The van der Waals surface area contributed by atoms with Gasteiger partial charge in [-0.3, -0.25) is 67.1 Å². The number of methoxy groups -OCH3 is 8. The molecule has 0 unspecified atom stereocenters. The van der Waals surface area contributed by atoms with Crippen LogP contribution in [0.15, 0.2) is 24.8 Å². The van der Waals surface area contributed by atoms with E-state index < -0.39 is 65.6 Å². The first-order valence-electron chi connectivity index (χ1n) is 51.7. The molecule has 6 N–H and O–H groups in total. The van der Waals surface area contributed by atoms with Gasteiger partial charge < -0.3 is 97.9 Å². The number of likely N-dealkylation sites (tertiary alicyclic amines) is 6. The van der Waals surface area contributed by atoms with Crippen LogP contribution in [0.3, 0.4) is 0 Å². The molecule has 14 atom stereocenters. The maximum Gasteiger partial charge on any atom is 0.306 e. The van der Waals surface area contributed by atoms with Crippen LogP contribution in [0.4, 0.5) is 0 Å². The number of imidazole rings is 4. The fourth-order valence-corrected chi connectivity index (χ4v) is 18.7. The number of hydrogen-bond acceptors (Lipinski definition) is 26. The van der Waals surface area contributed by atoms with Gasteiger partial charge in [-0.15, -0.1) is 0 Å². The molecule has 10 rings (SSSR count). The highest BCUT2D eigenvalue weighted by molar-refractivity contribution is 5.93. The van der Waals surface area contributed by atoms with E-state index in [-0.39, 0.29) is 219 Å². The van der Waals surface area contributed by atoms with Gasteiger partial charge in [0.05, 0.1) is 153 Å². The monoisotopic (exact) mass is 2120 g/mol. The minimum atomic E-state index is -0.558. The molecule has 6 saturated heterocycles. The zero-order chi connectivity index (χ0) is 108. The molecule has 8 amide bonds. The summed E-state index contributed by atoms with van der Waals surface area (Å²) in [5, 5.41) is 5.74. The van der Waals surface area contributed by atoms with Gasteiger partial charge >= 0.3 is 35.8 Å². The Morgan fingerprint density at radius 1 is 0.300 bits per heavy atom. The second kappa shape index (κ2) is 67.0. The summed E-state index contributed by atoms with van der Waals surface area (Å²) >= 11 is 0. The molecule has 0 aromatic carbocycles. The van der Waals surface area contributed by atoms with Gasteiger partial charge in [0.1, 0.15) is 35.4 Å². The molecule has 38 nitrogen and oxygen atoms in total. The summed E-state index contributed by atoms with van der Waals surface area (Å²) in [6.45, 7) is 51.4. The molecule has 0 saturated carbocycles. The summed E-state index contributed by atoms with van der Waals surface area (Å²) in [7, 11) is 11.1. The molecular weight excluding hydrogens is 1920 g/mol. The summed E-state index contributed by atoms with van der Waals surface area (Å²) in [5.41, 5.74) is 3.59. The standard InChI is InChI=1S/C19H31N3O3.2C18H29N3O4.C18H29N3O3.C17H30N2O4.C16H28N2O4.6CH4/c1-12(2)14-11-20-17(21-14)15-8-7-9-22(15)18(24)13(19(3,4)5)10-16(23)25-6;2*1-11(2)14-10-19-17(20-14)15-7-6-8-21(15)18(23)13(12(3)24-4)9-16(22)25-5;1-11(2)13(9-16(22)24-5)18(23)21-8-6-7-15(21)17-19-10-14(20-17)12(3)4;1-11(2)18-15(21)13-8-7-9-19(13)16(22)12(17(3,4)5)10-14(20)23-6;1-10(2)12(9-14(19)22-5)16(21)18-8-6-7-13(18)15(20)17-11(3)4;;;;;;/h11-13,15H,7-10H2,1-6H3,(H,20,21);2*10-13,15H,6-9H2,1-5H3,(H,19,20);10-13,15H,6-9H2,1-5H3,(H,19,20);11-13H,7-10H2,1-6H3,(H,18,21);10-13H,6-9H2,1-5H3,(H,17,20);6*1H4/t13-,15+;12-,13+,15+;12-,13-,15-;13-,15-;12-,13+;12-,13-;;;;;;/m110010....../s1. The largest absolute Gasteiger partial charge is 0.469 e. The number of H-pyrrole nitrogens is 4. The lowest BCUT2D eigenvalue weighted by Gasteiger charge is -2.34. The number of rotatable bonds is 36. The molecule has 10 heterocycles. The van der Waals surface area contributed by atoms with Crippen molar-refractivity contribution in [2.75, 3.05) is 96.1 Å². The van der Waals surface area contributed by atoms with E-state index in [9.17, 15) is 67.1 Å². The van der Waals surface area contributed by atoms with E-state index in [4.69, 9.17) is 33.2 Å². The molecule has 0 bridgehead atoms. The van der Waals surface area contributed by atoms with Crippen LogP contribution < -0.4 is 10.6 Å². The second-order valence-corrected chi connectivity index (χ2v) is 43.3. The third-order valence-corrected chi connectivity index (χ3v) is 28.0. The van der Waals surface area contributed by atoms with Gasteiger partial charge in [0.15, 0.2) is 0 Å². The van der Waals surface area contributed by atoms with Crippen LogP contribution in [-0.4, -0.2) is 285 Å². The number of amides is 8. The Morgan fingerprint density at radius 3 is 0.713 bits per heavy atom. The van der Waals surface area contributed by atoms with Crippen molar-refractivity contribution in [3.05, 3.63) is 70.9 Å². The predicted octanol–water partition coefficient (Wildman–Crippen LogP) is 18.2. The number of carbonyl (C=O) groups is 14. The van der Waals surface area contributed by atoms with E-state index >= 15 is 0 Å². The lowest BCUT2D eigenvalue weighted by molar-refractivity contribution is -0.151. The van der Waals surface area contributed by atoms with Crippen LogP contribution in [0, 0.1) is 58.2 Å². The first-order valence-corrected chi connectivity index (χ1v) is 51.7. The molecular formula is C112H200N16O22. The quantitative estimate of drug-likeness (QED) is 0.0182. The van der Waals surface area contributed by atoms with Crippen molar-refractivity contribution in [1.29, 1.82) is 0 Å². The third kappa shape index (κ3) is 41.1. The first-order chi connectivity index (χ1) is 67.6. The molecule has 0 radical (unpaired) electrons. The molecule has 0 spiro atoms. The van der Waals surface area contributed by atoms with Crippen LogP contribution in [0.1, 0.15) is 420 Å². The van der Waals surface area contributed by atoms with E-state index in [0.29, 0.717) is 75.8 Å². The minimum Gasteiger partial charge on any atom is -0.469 e. The lowest BCUT2D eigenvalue weighted by atomic mass is 9.77. The molecule has 6 aliphatic heterocycles. The first kappa shape index (κ1) is 141. The summed E-state index contributed by atoms with van der Waals surface area (Å²) in [6.07, 6.45) is 17.2. The molecule has 6 aliphatic rings. The number of hydrogen-bond donors (Lipinski definition) is 6. The maximum absolute atomic E-state index is 13.2. The molecule has 6 fully saturated rings. The maximum atomic E-state index is 13.2. The van der Waals surface area contributed by atoms with Gasteiger partial charge in [0.25, 0.3) is 0 Å². The smallest absolute Gasteiger partial charge is 0.306 e. The second-order valence-electron chi connectivity index (χ2n) is 43.3. The van der Waals surface area contributed by atoms with Crippen molar-refractivity contribution in [2.24, 2.45) is 58.2 Å². The number of ether oxygens (including phenoxy) is 8. The summed E-state index contributed by atoms with van der Waals surface area (Å²) < 4.78 is 39.1. The molecule has 38 heteroatoms. The number of nitrogens with zero attached hydrogens (tertiary/aromatic N) is 10. The van der Waals surface area contributed by atoms with Gasteiger partial charge in [-0.05, 0) is 165 Å². The molecule has 4 aromatic rings. The van der Waals surface area contributed by atoms with Crippen molar-refractivity contribution in [1.82, 2.24) is 79.9 Å². The fourth-order valence-electron chi connectivity index (χ4n) is 18.7. The Kier molecular flexibility index (Phi) is 63.2. The Hall–Kier alpha value is -10.7. The Morgan fingerprint density at radius 2 is 0.500 bits per heavy atom. The van der Waals surface area contributed by atoms with Crippen LogP contribution in [0.25, 0.3) is 0 Å². The van der Waals surface area contributed by atoms with E-state index in [2.05, 4.69) is 111 Å². The van der Waals surface area contributed by atoms with Crippen molar-refractivity contribution >= 4 is 83.1 Å². The zero-order valence-corrected chi connectivity index (χ0v) is 92.4. The highest BCUT2D eigenvalue weighted by Gasteiger charge is 2.48. The van der Waals surface area contributed by atoms with E-state index in [1.54, 1.807) is 37.9 Å². The predicted molar refractivity (Wildman–Crippen MR) is 584 cm³/mol. The zero-order valence-electron chi connectivity index (χ0n) is 92.4. The average molecular weight is 2120 g/mol. The fraction of sp³-hybridized carbons (Fsp3) is 0.768. The summed E-state index contributed by atoms with van der Waals surface area (Å²) in [6, 6.07) is -1.00. The number of carbonyl (C=O) groups excluding carboxylic acids is 14. The van der Waals surface area contributed by atoms with Crippen molar-refractivity contribution in [2.45, 2.75) is 411 Å².